The summed E-state index contributed by atoms with van der Waals surface area (Å²) in [6, 6.07) is 11.1. The number of ether oxygens (including phenoxy) is 1. The van der Waals surface area contributed by atoms with E-state index in [1.165, 1.54) is 0 Å². The van der Waals surface area contributed by atoms with Crippen LogP contribution in [0.4, 0.5) is 5.82 Å². The summed E-state index contributed by atoms with van der Waals surface area (Å²) in [5.41, 5.74) is 1.47. The molecule has 0 saturated carbocycles. The fraction of sp³-hybridized carbons (Fsp3) is 0.316. The average molecular weight is 351 g/mol. The van der Waals surface area contributed by atoms with Crippen molar-refractivity contribution in [3.05, 3.63) is 54.4 Å². The van der Waals surface area contributed by atoms with Gasteiger partial charge in [-0.05, 0) is 43.2 Å². The molecule has 3 heterocycles. The van der Waals surface area contributed by atoms with Crippen LogP contribution in [-0.2, 0) is 0 Å². The zero-order valence-electron chi connectivity index (χ0n) is 14.6. The number of nitrogens with zero attached hydrogens (tertiary/aromatic N) is 4. The third kappa shape index (κ3) is 3.20. The number of fused-ring (bicyclic) bond motifs is 1. The zero-order chi connectivity index (χ0) is 17.9. The second-order valence-corrected chi connectivity index (χ2v) is 6.39. The van der Waals surface area contributed by atoms with Gasteiger partial charge in [0.15, 0.2) is 5.65 Å². The molecule has 1 saturated heterocycles. The third-order valence-electron chi connectivity index (χ3n) is 4.70. The molecule has 1 aromatic carbocycles. The summed E-state index contributed by atoms with van der Waals surface area (Å²) < 4.78 is 6.98. The minimum Gasteiger partial charge on any atom is -0.497 e. The van der Waals surface area contributed by atoms with Crippen molar-refractivity contribution in [2.75, 3.05) is 25.1 Å². The second kappa shape index (κ2) is 7.03. The van der Waals surface area contributed by atoms with Gasteiger partial charge >= 0.3 is 0 Å². The van der Waals surface area contributed by atoms with Crippen molar-refractivity contribution in [3.63, 3.8) is 0 Å². The van der Waals surface area contributed by atoms with Crippen LogP contribution in [0.25, 0.3) is 5.65 Å². The van der Waals surface area contributed by atoms with Gasteiger partial charge in [-0.15, -0.1) is 0 Å². The largest absolute Gasteiger partial charge is 0.497 e. The molecule has 7 heteroatoms. The van der Waals surface area contributed by atoms with Crippen LogP contribution in [0.1, 0.15) is 23.2 Å². The minimum absolute atomic E-state index is 0.0570. The van der Waals surface area contributed by atoms with Crippen molar-refractivity contribution in [3.8, 4) is 5.75 Å². The Morgan fingerprint density at radius 3 is 2.85 bits per heavy atom. The molecule has 1 aliphatic rings. The number of rotatable bonds is 4. The van der Waals surface area contributed by atoms with Gasteiger partial charge in [0.2, 0.25) is 0 Å². The number of carbonyl (C=O) groups excluding carboxylic acids is 1. The van der Waals surface area contributed by atoms with E-state index in [0.717, 1.165) is 43.1 Å². The number of benzene rings is 1. The fourth-order valence-corrected chi connectivity index (χ4v) is 3.38. The molecular formula is C19H21N5O2. The van der Waals surface area contributed by atoms with E-state index in [2.05, 4.69) is 20.3 Å². The number of hydrogen-bond acceptors (Lipinski definition) is 5. The number of methoxy groups -OCH3 is 1. The van der Waals surface area contributed by atoms with Gasteiger partial charge in [-0.2, -0.15) is 9.61 Å². The fourth-order valence-electron chi connectivity index (χ4n) is 3.38. The maximum atomic E-state index is 12.5. The predicted octanol–water partition coefficient (Wildman–Crippen LogP) is 2.14. The Hall–Kier alpha value is -3.09. The molecule has 1 unspecified atom stereocenters. The summed E-state index contributed by atoms with van der Waals surface area (Å²) in [4.78, 5) is 19.1. The second-order valence-electron chi connectivity index (χ2n) is 6.39. The van der Waals surface area contributed by atoms with Crippen LogP contribution in [0.5, 0.6) is 5.75 Å². The van der Waals surface area contributed by atoms with E-state index in [1.54, 1.807) is 43.8 Å². The van der Waals surface area contributed by atoms with Crippen LogP contribution in [0.3, 0.4) is 0 Å². The smallest absolute Gasteiger partial charge is 0.251 e. The Balaban J connectivity index is 1.46. The molecule has 1 amide bonds. The summed E-state index contributed by atoms with van der Waals surface area (Å²) in [5, 5.41) is 7.50. The molecule has 1 atom stereocenters. The number of anilines is 1. The Morgan fingerprint density at radius 2 is 2.04 bits per heavy atom. The van der Waals surface area contributed by atoms with Gasteiger partial charge in [-0.1, -0.05) is 0 Å². The first-order valence-electron chi connectivity index (χ1n) is 8.73. The molecule has 4 rings (SSSR count). The van der Waals surface area contributed by atoms with E-state index in [4.69, 9.17) is 4.74 Å². The lowest BCUT2D eigenvalue weighted by atomic mass is 10.0. The lowest BCUT2D eigenvalue weighted by molar-refractivity contribution is 0.0933. The summed E-state index contributed by atoms with van der Waals surface area (Å²) in [6.07, 6.45) is 5.52. The van der Waals surface area contributed by atoms with E-state index in [-0.39, 0.29) is 11.9 Å². The molecular weight excluding hydrogens is 330 g/mol. The van der Waals surface area contributed by atoms with Crippen LogP contribution in [-0.4, -0.2) is 46.7 Å². The summed E-state index contributed by atoms with van der Waals surface area (Å²) in [7, 11) is 1.61. The molecule has 1 fully saturated rings. The predicted molar refractivity (Wildman–Crippen MR) is 98.7 cm³/mol. The minimum atomic E-state index is -0.0570. The Morgan fingerprint density at radius 1 is 1.19 bits per heavy atom. The Bertz CT molecular complexity index is 906. The maximum absolute atomic E-state index is 12.5. The number of carbonyl (C=O) groups is 1. The number of nitrogens with one attached hydrogen (secondary N) is 1. The van der Waals surface area contributed by atoms with Crippen LogP contribution in [0, 0.1) is 0 Å². The summed E-state index contributed by atoms with van der Waals surface area (Å²) in [5.74, 6) is 1.69. The van der Waals surface area contributed by atoms with Crippen LogP contribution in [0.15, 0.2) is 48.8 Å². The number of hydrogen-bond donors (Lipinski definition) is 1. The van der Waals surface area contributed by atoms with Gasteiger partial charge in [-0.25, -0.2) is 4.98 Å². The van der Waals surface area contributed by atoms with E-state index in [0.29, 0.717) is 5.56 Å². The van der Waals surface area contributed by atoms with Crippen molar-refractivity contribution < 1.29 is 9.53 Å². The van der Waals surface area contributed by atoms with Gasteiger partial charge in [0, 0.05) is 37.0 Å². The Kier molecular flexibility index (Phi) is 4.43. The van der Waals surface area contributed by atoms with Crippen molar-refractivity contribution >= 4 is 17.4 Å². The Labute approximate surface area is 151 Å². The highest BCUT2D eigenvalue weighted by Gasteiger charge is 2.23. The molecule has 7 nitrogen and oxygen atoms in total. The average Bonchev–Trinajstić information content (AvgIpc) is 3.17. The molecule has 1 N–H and O–H groups in total. The first-order chi connectivity index (χ1) is 12.7. The van der Waals surface area contributed by atoms with Gasteiger partial charge in [-0.3, -0.25) is 4.79 Å². The lowest BCUT2D eigenvalue weighted by Crippen LogP contribution is -2.48. The van der Waals surface area contributed by atoms with Gasteiger partial charge in [0.1, 0.15) is 11.6 Å². The van der Waals surface area contributed by atoms with E-state index in [9.17, 15) is 4.79 Å². The van der Waals surface area contributed by atoms with E-state index < -0.39 is 0 Å². The van der Waals surface area contributed by atoms with E-state index >= 15 is 0 Å². The number of amides is 1. The lowest BCUT2D eigenvalue weighted by Gasteiger charge is -2.34. The highest BCUT2D eigenvalue weighted by Crippen LogP contribution is 2.20. The molecule has 3 aromatic rings. The van der Waals surface area contributed by atoms with Gasteiger partial charge < -0.3 is 15.0 Å². The van der Waals surface area contributed by atoms with Crippen molar-refractivity contribution in [1.82, 2.24) is 19.9 Å². The molecule has 0 bridgehead atoms. The van der Waals surface area contributed by atoms with Crippen molar-refractivity contribution in [2.45, 2.75) is 18.9 Å². The topological polar surface area (TPSA) is 71.8 Å². The summed E-state index contributed by atoms with van der Waals surface area (Å²) in [6.45, 7) is 1.69. The quantitative estimate of drug-likeness (QED) is 0.780. The number of aromatic nitrogens is 3. The van der Waals surface area contributed by atoms with Crippen LogP contribution in [0.2, 0.25) is 0 Å². The molecule has 0 radical (unpaired) electrons. The highest BCUT2D eigenvalue weighted by molar-refractivity contribution is 5.94. The van der Waals surface area contributed by atoms with Crippen LogP contribution < -0.4 is 15.0 Å². The molecule has 26 heavy (non-hydrogen) atoms. The molecule has 0 aliphatic carbocycles. The maximum Gasteiger partial charge on any atom is 0.251 e. The van der Waals surface area contributed by atoms with Gasteiger partial charge in [0.25, 0.3) is 5.91 Å². The number of piperidine rings is 1. The monoisotopic (exact) mass is 351 g/mol. The van der Waals surface area contributed by atoms with Crippen LogP contribution >= 0.6 is 0 Å². The molecule has 0 spiro atoms. The van der Waals surface area contributed by atoms with Crippen molar-refractivity contribution in [1.29, 1.82) is 0 Å². The zero-order valence-corrected chi connectivity index (χ0v) is 14.6. The molecule has 1 aliphatic heterocycles. The summed E-state index contributed by atoms with van der Waals surface area (Å²) >= 11 is 0. The van der Waals surface area contributed by atoms with Gasteiger partial charge in [0.05, 0.1) is 13.3 Å². The molecule has 2 aromatic heterocycles. The van der Waals surface area contributed by atoms with Crippen molar-refractivity contribution in [2.24, 2.45) is 0 Å². The standard InChI is InChI=1S/C19H21N5O2/c1-26-16-6-4-14(5-7-16)19(25)22-15-3-2-12-23(13-15)18-9-10-20-17-8-11-21-24(17)18/h4-11,15H,2-3,12-13H2,1H3,(H,22,25). The first kappa shape index (κ1) is 16.4. The SMILES string of the molecule is COc1ccc(C(=O)NC2CCCN(c3ccnc4ccnn34)C2)cc1. The molecule has 134 valence electrons. The third-order valence-corrected chi connectivity index (χ3v) is 4.70. The van der Waals surface area contributed by atoms with E-state index in [1.807, 2.05) is 16.6 Å². The first-order valence-corrected chi connectivity index (χ1v) is 8.73. The normalized spacial score (nSPS) is 17.3. The highest BCUT2D eigenvalue weighted by atomic mass is 16.5.